The number of hydrogen-bond donors (Lipinski definition) is 0. The maximum atomic E-state index is 11.9. The van der Waals surface area contributed by atoms with Crippen LogP contribution in [0, 0.1) is 6.92 Å². The number of ketones is 1. The number of aryl methyl sites for hydroxylation is 2. The van der Waals surface area contributed by atoms with Crippen molar-refractivity contribution in [3.05, 3.63) is 53.3 Å². The van der Waals surface area contributed by atoms with E-state index < -0.39 is 0 Å². The first kappa shape index (κ1) is 14.3. The number of para-hydroxylation sites is 1. The first-order chi connectivity index (χ1) is 9.65. The summed E-state index contributed by atoms with van der Waals surface area (Å²) in [7, 11) is 0. The van der Waals surface area contributed by atoms with Gasteiger partial charge in [-0.1, -0.05) is 26.0 Å². The fourth-order valence-corrected chi connectivity index (χ4v) is 2.04. The third-order valence-electron chi connectivity index (χ3n) is 3.14. The van der Waals surface area contributed by atoms with Crippen LogP contribution in [-0.4, -0.2) is 10.8 Å². The van der Waals surface area contributed by atoms with E-state index >= 15 is 0 Å². The van der Waals surface area contributed by atoms with Crippen molar-refractivity contribution in [1.29, 1.82) is 0 Å². The molecule has 0 aliphatic heterocycles. The minimum Gasteiger partial charge on any atom is -0.455 e. The summed E-state index contributed by atoms with van der Waals surface area (Å²) in [6, 6.07) is 11.2. The van der Waals surface area contributed by atoms with Crippen LogP contribution in [0.5, 0.6) is 11.5 Å². The van der Waals surface area contributed by atoms with E-state index in [0.717, 1.165) is 23.6 Å². The first-order valence-corrected chi connectivity index (χ1v) is 6.92. The Morgan fingerprint density at radius 2 is 1.85 bits per heavy atom. The molecule has 1 aromatic heterocycles. The van der Waals surface area contributed by atoms with Crippen molar-refractivity contribution in [2.24, 2.45) is 0 Å². The number of benzene rings is 1. The Kier molecular flexibility index (Phi) is 4.51. The molecule has 2 rings (SSSR count). The molecule has 1 aromatic carbocycles. The van der Waals surface area contributed by atoms with Crippen molar-refractivity contribution in [3.63, 3.8) is 0 Å². The second-order valence-electron chi connectivity index (χ2n) is 4.63. The van der Waals surface area contributed by atoms with Crippen LogP contribution in [0.2, 0.25) is 0 Å². The zero-order chi connectivity index (χ0) is 14.5. The van der Waals surface area contributed by atoms with Gasteiger partial charge in [0.1, 0.15) is 11.5 Å². The Hall–Kier alpha value is -2.16. The molecule has 0 radical (unpaired) electrons. The highest BCUT2D eigenvalue weighted by atomic mass is 16.5. The van der Waals surface area contributed by atoms with Gasteiger partial charge in [-0.2, -0.15) is 0 Å². The Morgan fingerprint density at radius 1 is 1.10 bits per heavy atom. The van der Waals surface area contributed by atoms with E-state index in [1.165, 1.54) is 0 Å². The summed E-state index contributed by atoms with van der Waals surface area (Å²) in [5, 5.41) is 0. The minimum absolute atomic E-state index is 0.0821. The average Bonchev–Trinajstić information content (AvgIpc) is 2.48. The lowest BCUT2D eigenvalue weighted by molar-refractivity contribution is 0.0986. The fourth-order valence-electron chi connectivity index (χ4n) is 2.04. The van der Waals surface area contributed by atoms with Gasteiger partial charge in [0.25, 0.3) is 0 Å². The number of aromatic nitrogens is 1. The molecule has 3 heteroatoms. The van der Waals surface area contributed by atoms with E-state index in [9.17, 15) is 4.79 Å². The number of hydrogen-bond acceptors (Lipinski definition) is 3. The van der Waals surface area contributed by atoms with Gasteiger partial charge in [-0.05, 0) is 37.6 Å². The summed E-state index contributed by atoms with van der Waals surface area (Å²) in [6.45, 7) is 5.85. The average molecular weight is 269 g/mol. The minimum atomic E-state index is 0.0821. The lowest BCUT2D eigenvalue weighted by Crippen LogP contribution is -2.02. The van der Waals surface area contributed by atoms with E-state index in [1.807, 2.05) is 51.1 Å². The van der Waals surface area contributed by atoms with E-state index in [-0.39, 0.29) is 5.78 Å². The first-order valence-electron chi connectivity index (χ1n) is 6.92. The van der Waals surface area contributed by atoms with Gasteiger partial charge in [0.15, 0.2) is 5.78 Å². The SMILES string of the molecule is CCC(=O)c1ccccc1Oc1ccc(C)nc1CC. The maximum Gasteiger partial charge on any atom is 0.166 e. The molecule has 0 aliphatic rings. The van der Waals surface area contributed by atoms with Crippen LogP contribution in [-0.2, 0) is 6.42 Å². The number of nitrogens with zero attached hydrogens (tertiary/aromatic N) is 1. The predicted octanol–water partition coefficient (Wildman–Crippen LogP) is 4.34. The largest absolute Gasteiger partial charge is 0.455 e. The Bertz CT molecular complexity index is 620. The molecule has 0 saturated carbocycles. The highest BCUT2D eigenvalue weighted by Crippen LogP contribution is 2.28. The van der Waals surface area contributed by atoms with Gasteiger partial charge in [0.2, 0.25) is 0 Å². The number of carbonyl (C=O) groups is 1. The molecule has 0 atom stereocenters. The molecular formula is C17H19NO2. The Morgan fingerprint density at radius 3 is 2.55 bits per heavy atom. The monoisotopic (exact) mass is 269 g/mol. The summed E-state index contributed by atoms with van der Waals surface area (Å²) in [6.07, 6.45) is 1.26. The molecule has 0 spiro atoms. The van der Waals surface area contributed by atoms with Gasteiger partial charge < -0.3 is 4.74 Å². The van der Waals surface area contributed by atoms with Crippen LogP contribution in [0.4, 0.5) is 0 Å². The molecule has 0 bridgehead atoms. The number of rotatable bonds is 5. The molecule has 3 nitrogen and oxygen atoms in total. The topological polar surface area (TPSA) is 39.2 Å². The van der Waals surface area contributed by atoms with Gasteiger partial charge >= 0.3 is 0 Å². The molecule has 0 unspecified atom stereocenters. The van der Waals surface area contributed by atoms with Gasteiger partial charge in [0.05, 0.1) is 11.3 Å². The molecule has 0 fully saturated rings. The fraction of sp³-hybridized carbons (Fsp3) is 0.294. The summed E-state index contributed by atoms with van der Waals surface area (Å²) >= 11 is 0. The molecule has 0 N–H and O–H groups in total. The predicted molar refractivity (Wildman–Crippen MR) is 79.5 cm³/mol. The zero-order valence-corrected chi connectivity index (χ0v) is 12.1. The Labute approximate surface area is 119 Å². The van der Waals surface area contributed by atoms with Crippen LogP contribution >= 0.6 is 0 Å². The van der Waals surface area contributed by atoms with Crippen LogP contribution in [0.25, 0.3) is 0 Å². The van der Waals surface area contributed by atoms with Crippen molar-refractivity contribution >= 4 is 5.78 Å². The van der Waals surface area contributed by atoms with Crippen molar-refractivity contribution in [1.82, 2.24) is 4.98 Å². The van der Waals surface area contributed by atoms with Gasteiger partial charge in [0, 0.05) is 12.1 Å². The van der Waals surface area contributed by atoms with E-state index in [0.29, 0.717) is 17.7 Å². The van der Waals surface area contributed by atoms with E-state index in [4.69, 9.17) is 4.74 Å². The molecule has 0 amide bonds. The lowest BCUT2D eigenvalue weighted by Gasteiger charge is -2.12. The van der Waals surface area contributed by atoms with Crippen LogP contribution in [0.1, 0.15) is 42.0 Å². The highest BCUT2D eigenvalue weighted by molar-refractivity contribution is 5.98. The number of Topliss-reactive ketones (excluding diaryl/α,β-unsaturated/α-hetero) is 1. The highest BCUT2D eigenvalue weighted by Gasteiger charge is 2.12. The van der Waals surface area contributed by atoms with E-state index in [1.54, 1.807) is 6.07 Å². The number of carbonyl (C=O) groups excluding carboxylic acids is 1. The quantitative estimate of drug-likeness (QED) is 0.758. The molecule has 104 valence electrons. The molecule has 20 heavy (non-hydrogen) atoms. The summed E-state index contributed by atoms with van der Waals surface area (Å²) in [5.74, 6) is 1.40. The molecule has 0 saturated heterocycles. The normalized spacial score (nSPS) is 10.3. The zero-order valence-electron chi connectivity index (χ0n) is 12.1. The maximum absolute atomic E-state index is 11.9. The van der Waals surface area contributed by atoms with Crippen molar-refractivity contribution < 1.29 is 9.53 Å². The third kappa shape index (κ3) is 3.05. The van der Waals surface area contributed by atoms with Gasteiger partial charge in [-0.25, -0.2) is 0 Å². The molecular weight excluding hydrogens is 250 g/mol. The van der Waals surface area contributed by atoms with Crippen LogP contribution in [0.15, 0.2) is 36.4 Å². The lowest BCUT2D eigenvalue weighted by atomic mass is 10.1. The number of pyridine rings is 1. The summed E-state index contributed by atoms with van der Waals surface area (Å²) < 4.78 is 5.93. The van der Waals surface area contributed by atoms with Crippen molar-refractivity contribution in [2.45, 2.75) is 33.6 Å². The van der Waals surface area contributed by atoms with E-state index in [2.05, 4.69) is 4.98 Å². The van der Waals surface area contributed by atoms with Gasteiger partial charge in [-0.3, -0.25) is 9.78 Å². The summed E-state index contributed by atoms with van der Waals surface area (Å²) in [4.78, 5) is 16.4. The molecule has 2 aromatic rings. The van der Waals surface area contributed by atoms with Crippen LogP contribution < -0.4 is 4.74 Å². The third-order valence-corrected chi connectivity index (χ3v) is 3.14. The van der Waals surface area contributed by atoms with Crippen LogP contribution in [0.3, 0.4) is 0 Å². The van der Waals surface area contributed by atoms with Crippen molar-refractivity contribution in [2.75, 3.05) is 0 Å². The smallest absolute Gasteiger partial charge is 0.166 e. The summed E-state index contributed by atoms with van der Waals surface area (Å²) in [5.41, 5.74) is 2.49. The standard InChI is InChI=1S/C17H19NO2/c1-4-14-17(11-10-12(3)18-14)20-16-9-7-6-8-13(16)15(19)5-2/h6-11H,4-5H2,1-3H3. The van der Waals surface area contributed by atoms with Crippen molar-refractivity contribution in [3.8, 4) is 11.5 Å². The molecule has 1 heterocycles. The van der Waals surface area contributed by atoms with Gasteiger partial charge in [-0.15, -0.1) is 0 Å². The second-order valence-corrected chi connectivity index (χ2v) is 4.63. The second kappa shape index (κ2) is 6.33. The molecule has 0 aliphatic carbocycles. The Balaban J connectivity index is 2.38. The number of ether oxygens (including phenoxy) is 1.